The lowest BCUT2D eigenvalue weighted by Crippen LogP contribution is -2.25. The van der Waals surface area contributed by atoms with Crippen molar-refractivity contribution in [3.8, 4) is 0 Å². The SMILES string of the molecule is CNCC1CCN(Cc2c(F)ccc(I)c2F)C1. The molecule has 0 aliphatic carbocycles. The summed E-state index contributed by atoms with van der Waals surface area (Å²) in [5.74, 6) is -0.262. The van der Waals surface area contributed by atoms with Crippen LogP contribution in [0.2, 0.25) is 0 Å². The molecule has 1 aliphatic rings. The Kier molecular flexibility index (Phi) is 4.91. The Labute approximate surface area is 120 Å². The molecule has 0 amide bonds. The van der Waals surface area contributed by atoms with Crippen molar-refractivity contribution in [2.45, 2.75) is 13.0 Å². The van der Waals surface area contributed by atoms with Gasteiger partial charge in [0.05, 0.1) is 0 Å². The van der Waals surface area contributed by atoms with E-state index in [1.807, 2.05) is 29.6 Å². The van der Waals surface area contributed by atoms with Crippen LogP contribution < -0.4 is 5.32 Å². The maximum atomic E-state index is 13.9. The zero-order chi connectivity index (χ0) is 13.1. The zero-order valence-electron chi connectivity index (χ0n) is 10.3. The molecule has 1 atom stereocenters. The van der Waals surface area contributed by atoms with Gasteiger partial charge < -0.3 is 5.32 Å². The van der Waals surface area contributed by atoms with Crippen LogP contribution in [0.1, 0.15) is 12.0 Å². The molecule has 1 saturated heterocycles. The average Bonchev–Trinajstić information content (AvgIpc) is 2.78. The van der Waals surface area contributed by atoms with Crippen LogP contribution in [0.25, 0.3) is 0 Å². The summed E-state index contributed by atoms with van der Waals surface area (Å²) >= 11 is 1.90. The highest BCUT2D eigenvalue weighted by molar-refractivity contribution is 14.1. The fourth-order valence-electron chi connectivity index (χ4n) is 2.45. The number of nitrogens with one attached hydrogen (secondary N) is 1. The van der Waals surface area contributed by atoms with Crippen molar-refractivity contribution in [1.82, 2.24) is 10.2 Å². The van der Waals surface area contributed by atoms with E-state index in [-0.39, 0.29) is 5.56 Å². The predicted molar refractivity (Wildman–Crippen MR) is 76.4 cm³/mol. The first kappa shape index (κ1) is 14.1. The van der Waals surface area contributed by atoms with Gasteiger partial charge in [-0.05, 0) is 67.2 Å². The molecular weight excluding hydrogens is 349 g/mol. The highest BCUT2D eigenvalue weighted by atomic mass is 127. The van der Waals surface area contributed by atoms with Gasteiger partial charge in [-0.15, -0.1) is 0 Å². The summed E-state index contributed by atoms with van der Waals surface area (Å²) in [5, 5.41) is 3.15. The van der Waals surface area contributed by atoms with Crippen LogP contribution in [-0.2, 0) is 6.54 Å². The van der Waals surface area contributed by atoms with Crippen LogP contribution in [0.3, 0.4) is 0 Å². The second-order valence-electron chi connectivity index (χ2n) is 4.77. The van der Waals surface area contributed by atoms with E-state index in [9.17, 15) is 8.78 Å². The molecule has 5 heteroatoms. The fraction of sp³-hybridized carbons (Fsp3) is 0.538. The summed E-state index contributed by atoms with van der Waals surface area (Å²) in [6.07, 6.45) is 1.09. The molecule has 2 nitrogen and oxygen atoms in total. The molecule has 100 valence electrons. The van der Waals surface area contributed by atoms with Crippen molar-refractivity contribution in [2.24, 2.45) is 5.92 Å². The van der Waals surface area contributed by atoms with E-state index in [1.54, 1.807) is 0 Å². The maximum Gasteiger partial charge on any atom is 0.143 e. The molecule has 1 fully saturated rings. The molecule has 0 aromatic heterocycles. The first-order valence-corrected chi connectivity index (χ1v) is 7.19. The van der Waals surface area contributed by atoms with Gasteiger partial charge in [0.25, 0.3) is 0 Å². The van der Waals surface area contributed by atoms with Crippen molar-refractivity contribution in [3.05, 3.63) is 32.9 Å². The fourth-order valence-corrected chi connectivity index (χ4v) is 2.95. The van der Waals surface area contributed by atoms with Gasteiger partial charge in [0, 0.05) is 22.2 Å². The second-order valence-corrected chi connectivity index (χ2v) is 5.93. The average molecular weight is 366 g/mol. The monoisotopic (exact) mass is 366 g/mol. The van der Waals surface area contributed by atoms with Crippen molar-refractivity contribution < 1.29 is 8.78 Å². The third-order valence-electron chi connectivity index (χ3n) is 3.38. The van der Waals surface area contributed by atoms with E-state index in [1.165, 1.54) is 12.1 Å². The number of halogens is 3. The normalized spacial score (nSPS) is 20.6. The molecule has 1 N–H and O–H groups in total. The number of nitrogens with zero attached hydrogens (tertiary/aromatic N) is 1. The van der Waals surface area contributed by atoms with Crippen LogP contribution in [0, 0.1) is 21.1 Å². The number of benzene rings is 1. The Balaban J connectivity index is 2.04. The van der Waals surface area contributed by atoms with Gasteiger partial charge >= 0.3 is 0 Å². The van der Waals surface area contributed by atoms with E-state index in [0.717, 1.165) is 26.1 Å². The summed E-state index contributed by atoms with van der Waals surface area (Å²) in [4.78, 5) is 2.12. The summed E-state index contributed by atoms with van der Waals surface area (Å²) in [6, 6.07) is 2.82. The van der Waals surface area contributed by atoms with Crippen LogP contribution in [0.4, 0.5) is 8.78 Å². The Hall–Kier alpha value is -0.270. The molecule has 1 aliphatic heterocycles. The smallest absolute Gasteiger partial charge is 0.143 e. The topological polar surface area (TPSA) is 15.3 Å². The minimum Gasteiger partial charge on any atom is -0.319 e. The third-order valence-corrected chi connectivity index (χ3v) is 4.22. The van der Waals surface area contributed by atoms with Crippen molar-refractivity contribution in [1.29, 1.82) is 0 Å². The van der Waals surface area contributed by atoms with E-state index in [0.29, 0.717) is 16.0 Å². The maximum absolute atomic E-state index is 13.9. The Morgan fingerprint density at radius 3 is 2.94 bits per heavy atom. The summed E-state index contributed by atoms with van der Waals surface area (Å²) in [5.41, 5.74) is 0.201. The van der Waals surface area contributed by atoms with Crippen LogP contribution in [-0.4, -0.2) is 31.6 Å². The molecule has 1 unspecified atom stereocenters. The largest absolute Gasteiger partial charge is 0.319 e. The van der Waals surface area contributed by atoms with E-state index >= 15 is 0 Å². The molecule has 0 bridgehead atoms. The lowest BCUT2D eigenvalue weighted by molar-refractivity contribution is 0.304. The van der Waals surface area contributed by atoms with Crippen molar-refractivity contribution >= 4 is 22.6 Å². The number of hydrogen-bond donors (Lipinski definition) is 1. The molecule has 0 spiro atoms. The van der Waals surface area contributed by atoms with Gasteiger partial charge in [0.1, 0.15) is 11.6 Å². The second kappa shape index (κ2) is 6.25. The minimum atomic E-state index is -0.440. The lowest BCUT2D eigenvalue weighted by Gasteiger charge is -2.17. The Bertz CT molecular complexity index is 426. The number of hydrogen-bond acceptors (Lipinski definition) is 2. The first-order chi connectivity index (χ1) is 8.61. The Morgan fingerprint density at radius 1 is 1.44 bits per heavy atom. The zero-order valence-corrected chi connectivity index (χ0v) is 12.5. The lowest BCUT2D eigenvalue weighted by atomic mass is 10.1. The molecule has 0 radical (unpaired) electrons. The summed E-state index contributed by atoms with van der Waals surface area (Å²) in [6.45, 7) is 3.16. The summed E-state index contributed by atoms with van der Waals surface area (Å²) in [7, 11) is 1.93. The standard InChI is InChI=1S/C13H17F2IN2/c1-17-6-9-4-5-18(7-9)8-10-11(14)2-3-12(16)13(10)15/h2-3,9,17H,4-8H2,1H3. The van der Waals surface area contributed by atoms with Gasteiger partial charge in [-0.2, -0.15) is 0 Å². The molecule has 1 aromatic rings. The van der Waals surface area contributed by atoms with Crippen LogP contribution >= 0.6 is 22.6 Å². The van der Waals surface area contributed by atoms with Crippen LogP contribution in [0.15, 0.2) is 12.1 Å². The van der Waals surface area contributed by atoms with E-state index < -0.39 is 11.6 Å². The quantitative estimate of drug-likeness (QED) is 0.651. The highest BCUT2D eigenvalue weighted by Gasteiger charge is 2.24. The summed E-state index contributed by atoms with van der Waals surface area (Å²) < 4.78 is 28.0. The molecule has 2 rings (SSSR count). The Morgan fingerprint density at radius 2 is 2.22 bits per heavy atom. The van der Waals surface area contributed by atoms with E-state index in [2.05, 4.69) is 10.2 Å². The molecule has 1 heterocycles. The van der Waals surface area contributed by atoms with Gasteiger partial charge in [-0.1, -0.05) is 0 Å². The minimum absolute atomic E-state index is 0.201. The number of likely N-dealkylation sites (tertiary alicyclic amines) is 1. The van der Waals surface area contributed by atoms with Gasteiger partial charge in [-0.3, -0.25) is 4.90 Å². The molecule has 0 saturated carbocycles. The van der Waals surface area contributed by atoms with Gasteiger partial charge in [-0.25, -0.2) is 8.78 Å². The predicted octanol–water partition coefficient (Wildman–Crippen LogP) is 2.61. The molecule has 1 aromatic carbocycles. The highest BCUT2D eigenvalue weighted by Crippen LogP contribution is 2.23. The molecular formula is C13H17F2IN2. The van der Waals surface area contributed by atoms with E-state index in [4.69, 9.17) is 0 Å². The van der Waals surface area contributed by atoms with Gasteiger partial charge in [0.2, 0.25) is 0 Å². The van der Waals surface area contributed by atoms with Crippen molar-refractivity contribution in [3.63, 3.8) is 0 Å². The van der Waals surface area contributed by atoms with Gasteiger partial charge in [0.15, 0.2) is 0 Å². The third kappa shape index (κ3) is 3.19. The number of rotatable bonds is 4. The molecule has 18 heavy (non-hydrogen) atoms. The first-order valence-electron chi connectivity index (χ1n) is 6.11. The van der Waals surface area contributed by atoms with Crippen molar-refractivity contribution in [2.75, 3.05) is 26.7 Å². The van der Waals surface area contributed by atoms with Crippen LogP contribution in [0.5, 0.6) is 0 Å².